The van der Waals surface area contributed by atoms with E-state index in [9.17, 15) is 9.90 Å². The summed E-state index contributed by atoms with van der Waals surface area (Å²) in [6.07, 6.45) is 1.55. The van der Waals surface area contributed by atoms with Crippen LogP contribution in [-0.2, 0) is 4.74 Å². The van der Waals surface area contributed by atoms with Crippen LogP contribution in [0.5, 0.6) is 0 Å². The minimum Gasteiger partial charge on any atom is -0.444 e. The Balaban J connectivity index is 2.61. The van der Waals surface area contributed by atoms with Crippen molar-refractivity contribution in [2.45, 2.75) is 65.6 Å². The number of aliphatic hydroxyl groups excluding tert-OH is 1. The number of hydrogen-bond donors (Lipinski definition) is 2. The number of ether oxygens (including phenoxy) is 1. The Labute approximate surface area is 128 Å². The van der Waals surface area contributed by atoms with Crippen LogP contribution in [0.15, 0.2) is 0 Å². The minimum absolute atomic E-state index is 0.261. The highest BCUT2D eigenvalue weighted by atomic mass is 16.6. The van der Waals surface area contributed by atoms with Crippen molar-refractivity contribution in [3.8, 4) is 0 Å². The van der Waals surface area contributed by atoms with E-state index in [-0.39, 0.29) is 11.5 Å². The molecule has 1 heterocycles. The predicted molar refractivity (Wildman–Crippen MR) is 84.0 cm³/mol. The number of hydrogen-bond acceptors (Lipinski definition) is 4. The average molecular weight is 300 g/mol. The van der Waals surface area contributed by atoms with Gasteiger partial charge < -0.3 is 20.5 Å². The topological polar surface area (TPSA) is 75.8 Å². The van der Waals surface area contributed by atoms with Gasteiger partial charge in [-0.1, -0.05) is 13.8 Å². The van der Waals surface area contributed by atoms with E-state index in [1.807, 2.05) is 20.8 Å². The predicted octanol–water partition coefficient (Wildman–Crippen LogP) is 2.37. The lowest BCUT2D eigenvalue weighted by Crippen LogP contribution is -2.52. The standard InChI is InChI=1S/C16H32N2O3/c1-12(2)10-13(19)16(11-17)6-8-18(9-7-16)14(20)21-15(3,4)5/h12-13,19H,6-11,17H2,1-5H3. The Kier molecular flexibility index (Phi) is 6.05. The highest BCUT2D eigenvalue weighted by Crippen LogP contribution is 2.37. The summed E-state index contributed by atoms with van der Waals surface area (Å²) in [6.45, 7) is 11.5. The molecule has 124 valence electrons. The number of carbonyl (C=O) groups excluding carboxylic acids is 1. The van der Waals surface area contributed by atoms with Crippen molar-refractivity contribution in [1.29, 1.82) is 0 Å². The molecule has 0 aromatic rings. The fraction of sp³-hybridized carbons (Fsp3) is 0.938. The molecule has 1 aliphatic heterocycles. The second-order valence-electron chi connectivity index (χ2n) is 7.68. The molecule has 0 aliphatic carbocycles. The third-order valence-electron chi connectivity index (χ3n) is 4.22. The van der Waals surface area contributed by atoms with Gasteiger partial charge in [-0.05, 0) is 46.0 Å². The van der Waals surface area contributed by atoms with E-state index >= 15 is 0 Å². The molecular formula is C16H32N2O3. The normalized spacial score (nSPS) is 20.5. The van der Waals surface area contributed by atoms with Crippen LogP contribution >= 0.6 is 0 Å². The van der Waals surface area contributed by atoms with Crippen LogP contribution in [0.25, 0.3) is 0 Å². The molecule has 1 rings (SSSR count). The first-order valence-electron chi connectivity index (χ1n) is 7.96. The molecule has 5 nitrogen and oxygen atoms in total. The van der Waals surface area contributed by atoms with Crippen LogP contribution < -0.4 is 5.73 Å². The van der Waals surface area contributed by atoms with Crippen LogP contribution in [0.3, 0.4) is 0 Å². The zero-order chi connectivity index (χ0) is 16.3. The van der Waals surface area contributed by atoms with Gasteiger partial charge in [-0.25, -0.2) is 4.79 Å². The number of likely N-dealkylation sites (tertiary alicyclic amines) is 1. The molecule has 21 heavy (non-hydrogen) atoms. The van der Waals surface area contributed by atoms with E-state index in [2.05, 4.69) is 13.8 Å². The molecule has 1 amide bonds. The molecule has 1 fully saturated rings. The van der Waals surface area contributed by atoms with E-state index in [0.717, 1.165) is 19.3 Å². The lowest BCUT2D eigenvalue weighted by atomic mass is 9.71. The second-order valence-corrected chi connectivity index (χ2v) is 7.68. The van der Waals surface area contributed by atoms with Crippen molar-refractivity contribution >= 4 is 6.09 Å². The van der Waals surface area contributed by atoms with Gasteiger partial charge in [0, 0.05) is 25.0 Å². The van der Waals surface area contributed by atoms with Crippen molar-refractivity contribution < 1.29 is 14.6 Å². The van der Waals surface area contributed by atoms with E-state index in [0.29, 0.717) is 25.6 Å². The maximum absolute atomic E-state index is 12.1. The van der Waals surface area contributed by atoms with Crippen molar-refractivity contribution in [2.75, 3.05) is 19.6 Å². The molecule has 1 unspecified atom stereocenters. The summed E-state index contributed by atoms with van der Waals surface area (Å²) in [5.41, 5.74) is 5.21. The summed E-state index contributed by atoms with van der Waals surface area (Å²) in [7, 11) is 0. The van der Waals surface area contributed by atoms with Gasteiger partial charge in [0.25, 0.3) is 0 Å². The van der Waals surface area contributed by atoms with Gasteiger partial charge in [0.05, 0.1) is 6.10 Å². The molecule has 0 aromatic heterocycles. The smallest absolute Gasteiger partial charge is 0.410 e. The van der Waals surface area contributed by atoms with Crippen molar-refractivity contribution in [1.82, 2.24) is 4.90 Å². The molecule has 1 aliphatic rings. The first-order valence-corrected chi connectivity index (χ1v) is 7.96. The van der Waals surface area contributed by atoms with E-state index in [4.69, 9.17) is 10.5 Å². The van der Waals surface area contributed by atoms with Gasteiger partial charge in [0.15, 0.2) is 0 Å². The van der Waals surface area contributed by atoms with Crippen molar-refractivity contribution in [3.05, 3.63) is 0 Å². The second kappa shape index (κ2) is 6.97. The SMILES string of the molecule is CC(C)CC(O)C1(CN)CCN(C(=O)OC(C)(C)C)CC1. The summed E-state index contributed by atoms with van der Waals surface area (Å²) in [5.74, 6) is 0.437. The van der Waals surface area contributed by atoms with Gasteiger partial charge in [-0.2, -0.15) is 0 Å². The number of rotatable bonds is 4. The van der Waals surface area contributed by atoms with Crippen LogP contribution in [0.4, 0.5) is 4.79 Å². The molecule has 0 aromatic carbocycles. The molecule has 0 saturated carbocycles. The molecule has 1 atom stereocenters. The highest BCUT2D eigenvalue weighted by molar-refractivity contribution is 5.68. The molecule has 0 radical (unpaired) electrons. The molecule has 5 heteroatoms. The van der Waals surface area contributed by atoms with Crippen LogP contribution in [0, 0.1) is 11.3 Å². The monoisotopic (exact) mass is 300 g/mol. The largest absolute Gasteiger partial charge is 0.444 e. The molecule has 0 spiro atoms. The van der Waals surface area contributed by atoms with Gasteiger partial charge in [0.2, 0.25) is 0 Å². The average Bonchev–Trinajstić information content (AvgIpc) is 2.36. The highest BCUT2D eigenvalue weighted by Gasteiger charge is 2.41. The Hall–Kier alpha value is -0.810. The fourth-order valence-electron chi connectivity index (χ4n) is 2.83. The first-order chi connectivity index (χ1) is 9.59. The summed E-state index contributed by atoms with van der Waals surface area (Å²) in [5, 5.41) is 10.5. The van der Waals surface area contributed by atoms with Gasteiger partial charge in [-0.15, -0.1) is 0 Å². The lowest BCUT2D eigenvalue weighted by Gasteiger charge is -2.44. The molecule has 1 saturated heterocycles. The Morgan fingerprint density at radius 1 is 1.33 bits per heavy atom. The number of nitrogens with two attached hydrogens (primary N) is 1. The maximum Gasteiger partial charge on any atom is 0.410 e. The van der Waals surface area contributed by atoms with Gasteiger partial charge in [0.1, 0.15) is 5.60 Å². The zero-order valence-electron chi connectivity index (χ0n) is 14.2. The number of carbonyl (C=O) groups is 1. The summed E-state index contributed by atoms with van der Waals surface area (Å²) < 4.78 is 5.40. The summed E-state index contributed by atoms with van der Waals surface area (Å²) in [6, 6.07) is 0. The van der Waals surface area contributed by atoms with E-state index < -0.39 is 11.7 Å². The quantitative estimate of drug-likeness (QED) is 0.835. The maximum atomic E-state index is 12.1. The van der Waals surface area contributed by atoms with Crippen LogP contribution in [-0.4, -0.2) is 47.4 Å². The first kappa shape index (κ1) is 18.2. The Bertz CT molecular complexity index is 342. The van der Waals surface area contributed by atoms with Crippen molar-refractivity contribution in [3.63, 3.8) is 0 Å². The van der Waals surface area contributed by atoms with Gasteiger partial charge >= 0.3 is 6.09 Å². The van der Waals surface area contributed by atoms with Crippen LogP contribution in [0.1, 0.15) is 53.9 Å². The summed E-state index contributed by atoms with van der Waals surface area (Å²) >= 11 is 0. The minimum atomic E-state index is -0.476. The number of piperidine rings is 1. The summed E-state index contributed by atoms with van der Waals surface area (Å²) in [4.78, 5) is 13.8. The van der Waals surface area contributed by atoms with Crippen LogP contribution in [0.2, 0.25) is 0 Å². The van der Waals surface area contributed by atoms with E-state index in [1.165, 1.54) is 0 Å². The fourth-order valence-corrected chi connectivity index (χ4v) is 2.83. The lowest BCUT2D eigenvalue weighted by molar-refractivity contribution is -0.0365. The van der Waals surface area contributed by atoms with E-state index in [1.54, 1.807) is 4.90 Å². The molecular weight excluding hydrogens is 268 g/mol. The Morgan fingerprint density at radius 3 is 2.24 bits per heavy atom. The third-order valence-corrected chi connectivity index (χ3v) is 4.22. The number of aliphatic hydroxyl groups is 1. The van der Waals surface area contributed by atoms with Gasteiger partial charge in [-0.3, -0.25) is 0 Å². The Morgan fingerprint density at radius 2 is 1.86 bits per heavy atom. The number of amides is 1. The molecule has 0 bridgehead atoms. The molecule has 3 N–H and O–H groups in total. The number of nitrogens with zero attached hydrogens (tertiary/aromatic N) is 1. The zero-order valence-corrected chi connectivity index (χ0v) is 14.2. The third kappa shape index (κ3) is 5.15. The van der Waals surface area contributed by atoms with Crippen molar-refractivity contribution in [2.24, 2.45) is 17.1 Å².